The molecule has 0 aromatic heterocycles. The van der Waals surface area contributed by atoms with Gasteiger partial charge >= 0.3 is 0 Å². The number of nitrogens with zero attached hydrogens (tertiary/aromatic N) is 2. The summed E-state index contributed by atoms with van der Waals surface area (Å²) in [5.74, 6) is 1.94. The first kappa shape index (κ1) is 21.5. The van der Waals surface area contributed by atoms with Gasteiger partial charge in [0.15, 0.2) is 5.96 Å². The number of rotatable bonds is 7. The Labute approximate surface area is 167 Å². The van der Waals surface area contributed by atoms with Gasteiger partial charge in [-0.2, -0.15) is 11.8 Å². The monoisotopic (exact) mass is 464 g/mol. The molecular weight excluding hydrogens is 435 g/mol. The fraction of sp³-hybridized carbons (Fsp3) is 0.588. The number of hydrogen-bond donors (Lipinski definition) is 2. The Hall–Kier alpha value is -0.510. The van der Waals surface area contributed by atoms with Gasteiger partial charge in [-0.25, -0.2) is 0 Å². The van der Waals surface area contributed by atoms with E-state index < -0.39 is 0 Å². The molecule has 1 saturated heterocycles. The summed E-state index contributed by atoms with van der Waals surface area (Å²) in [7, 11) is 1.81. The van der Waals surface area contributed by atoms with Crippen LogP contribution in [0.4, 0.5) is 0 Å². The molecule has 1 fully saturated rings. The number of morpholine rings is 1. The minimum atomic E-state index is 0. The molecule has 1 aromatic rings. The topological polar surface area (TPSA) is 48.9 Å². The summed E-state index contributed by atoms with van der Waals surface area (Å²) in [4.78, 5) is 6.73. The first-order valence-corrected chi connectivity index (χ1v) is 9.53. The van der Waals surface area contributed by atoms with Gasteiger partial charge in [-0.15, -0.1) is 24.0 Å². The lowest BCUT2D eigenvalue weighted by Gasteiger charge is -2.27. The molecule has 0 saturated carbocycles. The van der Waals surface area contributed by atoms with Gasteiger partial charge in [-0.1, -0.05) is 24.3 Å². The van der Waals surface area contributed by atoms with E-state index in [1.807, 2.05) is 18.8 Å². The summed E-state index contributed by atoms with van der Waals surface area (Å²) in [5.41, 5.74) is 2.70. The Kier molecular flexibility index (Phi) is 11.5. The van der Waals surface area contributed by atoms with Gasteiger partial charge in [0.25, 0.3) is 0 Å². The Morgan fingerprint density at radius 1 is 1.21 bits per heavy atom. The second-order valence-electron chi connectivity index (χ2n) is 5.50. The van der Waals surface area contributed by atoms with Crippen LogP contribution in [0, 0.1) is 0 Å². The summed E-state index contributed by atoms with van der Waals surface area (Å²) < 4.78 is 5.43. The molecule has 0 spiro atoms. The van der Waals surface area contributed by atoms with Crippen LogP contribution in [0.2, 0.25) is 0 Å². The highest BCUT2D eigenvalue weighted by atomic mass is 127. The van der Waals surface area contributed by atoms with Crippen molar-refractivity contribution in [3.8, 4) is 0 Å². The van der Waals surface area contributed by atoms with Gasteiger partial charge in [0.1, 0.15) is 0 Å². The maximum Gasteiger partial charge on any atom is 0.191 e. The minimum absolute atomic E-state index is 0. The van der Waals surface area contributed by atoms with Gasteiger partial charge in [0, 0.05) is 45.5 Å². The van der Waals surface area contributed by atoms with Crippen LogP contribution in [-0.4, -0.2) is 62.8 Å². The Morgan fingerprint density at radius 2 is 1.92 bits per heavy atom. The van der Waals surface area contributed by atoms with Gasteiger partial charge in [-0.05, 0) is 17.4 Å². The number of ether oxygens (including phenoxy) is 1. The second kappa shape index (κ2) is 12.8. The molecule has 1 heterocycles. The van der Waals surface area contributed by atoms with E-state index in [9.17, 15) is 0 Å². The van der Waals surface area contributed by atoms with Crippen LogP contribution >= 0.6 is 35.7 Å². The zero-order valence-electron chi connectivity index (χ0n) is 14.6. The number of halogens is 1. The summed E-state index contributed by atoms with van der Waals surface area (Å²) in [5, 5.41) is 6.74. The SMILES string of the molecule is CN=C(NCCSC)NCc1ccccc1CN1CCOCC1.I. The molecule has 0 atom stereocenters. The first-order valence-electron chi connectivity index (χ1n) is 8.14. The third kappa shape index (κ3) is 7.58. The predicted octanol–water partition coefficient (Wildman–Crippen LogP) is 2.16. The molecule has 0 unspecified atom stereocenters. The zero-order valence-corrected chi connectivity index (χ0v) is 17.7. The van der Waals surface area contributed by atoms with Gasteiger partial charge in [0.05, 0.1) is 13.2 Å². The number of nitrogens with one attached hydrogen (secondary N) is 2. The summed E-state index contributed by atoms with van der Waals surface area (Å²) >= 11 is 1.83. The smallest absolute Gasteiger partial charge is 0.191 e. The van der Waals surface area contributed by atoms with Gasteiger partial charge in [0.2, 0.25) is 0 Å². The highest BCUT2D eigenvalue weighted by molar-refractivity contribution is 14.0. The van der Waals surface area contributed by atoms with Crippen molar-refractivity contribution in [2.45, 2.75) is 13.1 Å². The lowest BCUT2D eigenvalue weighted by Crippen LogP contribution is -2.38. The van der Waals surface area contributed by atoms with E-state index in [-0.39, 0.29) is 24.0 Å². The van der Waals surface area contributed by atoms with E-state index in [0.29, 0.717) is 0 Å². The van der Waals surface area contributed by atoms with E-state index in [1.165, 1.54) is 11.1 Å². The van der Waals surface area contributed by atoms with Crippen molar-refractivity contribution >= 4 is 41.7 Å². The first-order chi connectivity index (χ1) is 11.3. The van der Waals surface area contributed by atoms with E-state index in [1.54, 1.807) is 0 Å². The van der Waals surface area contributed by atoms with Crippen LogP contribution in [0.1, 0.15) is 11.1 Å². The van der Waals surface area contributed by atoms with Crippen molar-refractivity contribution in [1.82, 2.24) is 15.5 Å². The second-order valence-corrected chi connectivity index (χ2v) is 6.49. The van der Waals surface area contributed by atoms with Crippen LogP contribution in [0.15, 0.2) is 29.3 Å². The highest BCUT2D eigenvalue weighted by Gasteiger charge is 2.12. The van der Waals surface area contributed by atoms with E-state index in [0.717, 1.165) is 57.6 Å². The van der Waals surface area contributed by atoms with E-state index in [4.69, 9.17) is 4.74 Å². The lowest BCUT2D eigenvalue weighted by atomic mass is 10.1. The molecule has 136 valence electrons. The number of hydrogen-bond acceptors (Lipinski definition) is 4. The van der Waals surface area contributed by atoms with Crippen LogP contribution in [0.25, 0.3) is 0 Å². The normalized spacial score (nSPS) is 15.7. The summed E-state index contributed by atoms with van der Waals surface area (Å²) in [6, 6.07) is 8.63. The van der Waals surface area contributed by atoms with Crippen molar-refractivity contribution in [3.05, 3.63) is 35.4 Å². The van der Waals surface area contributed by atoms with E-state index >= 15 is 0 Å². The van der Waals surface area contributed by atoms with Gasteiger partial charge < -0.3 is 15.4 Å². The molecule has 0 radical (unpaired) electrons. The molecule has 5 nitrogen and oxygen atoms in total. The Morgan fingerprint density at radius 3 is 2.58 bits per heavy atom. The predicted molar refractivity (Wildman–Crippen MR) is 115 cm³/mol. The van der Waals surface area contributed by atoms with Gasteiger partial charge in [-0.3, -0.25) is 9.89 Å². The van der Waals surface area contributed by atoms with Crippen LogP contribution in [0.3, 0.4) is 0 Å². The lowest BCUT2D eigenvalue weighted by molar-refractivity contribution is 0.0341. The average molecular weight is 464 g/mol. The molecule has 7 heteroatoms. The standard InChI is InChI=1S/C17H28N4OS.HI/c1-18-17(19-7-12-23-2)20-13-15-5-3-4-6-16(15)14-21-8-10-22-11-9-21;/h3-6H,7-14H2,1-2H3,(H2,18,19,20);1H. The summed E-state index contributed by atoms with van der Waals surface area (Å²) in [6.45, 7) is 6.41. The third-order valence-corrected chi connectivity index (χ3v) is 4.50. The van der Waals surface area contributed by atoms with Crippen molar-refractivity contribution < 1.29 is 4.74 Å². The van der Waals surface area contributed by atoms with Crippen molar-refractivity contribution in [2.24, 2.45) is 4.99 Å². The van der Waals surface area contributed by atoms with Crippen molar-refractivity contribution in [1.29, 1.82) is 0 Å². The Balaban J connectivity index is 0.00000288. The molecular formula is C17H29IN4OS. The molecule has 2 rings (SSSR count). The molecule has 0 bridgehead atoms. The maximum absolute atomic E-state index is 5.43. The minimum Gasteiger partial charge on any atom is -0.379 e. The molecule has 1 aliphatic heterocycles. The Bertz CT molecular complexity index is 495. The number of benzene rings is 1. The highest BCUT2D eigenvalue weighted by Crippen LogP contribution is 2.12. The van der Waals surface area contributed by atoms with Crippen LogP contribution < -0.4 is 10.6 Å². The summed E-state index contributed by atoms with van der Waals surface area (Å²) in [6.07, 6.45) is 2.11. The van der Waals surface area contributed by atoms with Crippen LogP contribution in [-0.2, 0) is 17.8 Å². The largest absolute Gasteiger partial charge is 0.379 e. The molecule has 0 amide bonds. The fourth-order valence-electron chi connectivity index (χ4n) is 2.56. The molecule has 1 aromatic carbocycles. The number of aliphatic imine (C=N–C) groups is 1. The average Bonchev–Trinajstić information content (AvgIpc) is 2.60. The molecule has 24 heavy (non-hydrogen) atoms. The quantitative estimate of drug-likeness (QED) is 0.281. The third-order valence-electron chi connectivity index (χ3n) is 3.88. The maximum atomic E-state index is 5.43. The van der Waals surface area contributed by atoms with E-state index in [2.05, 4.69) is 51.0 Å². The van der Waals surface area contributed by atoms with Crippen LogP contribution in [0.5, 0.6) is 0 Å². The van der Waals surface area contributed by atoms with Crippen molar-refractivity contribution in [2.75, 3.05) is 51.9 Å². The molecule has 2 N–H and O–H groups in total. The number of guanidine groups is 1. The van der Waals surface area contributed by atoms with Crippen molar-refractivity contribution in [3.63, 3.8) is 0 Å². The fourth-order valence-corrected chi connectivity index (χ4v) is 2.86. The molecule has 0 aliphatic carbocycles. The zero-order chi connectivity index (χ0) is 16.3. The number of thioether (sulfide) groups is 1. The molecule has 1 aliphatic rings.